The Bertz CT molecular complexity index is 438. The van der Waals surface area contributed by atoms with Crippen LogP contribution in [-0.2, 0) is 0 Å². The van der Waals surface area contributed by atoms with Crippen molar-refractivity contribution < 1.29 is 0 Å². The largest absolute Gasteiger partial charge is 0.356 e. The predicted octanol–water partition coefficient (Wildman–Crippen LogP) is 3.15. The molecule has 1 aromatic heterocycles. The molecular formula is C16H25N3. The van der Waals surface area contributed by atoms with Gasteiger partial charge < -0.3 is 4.90 Å². The van der Waals surface area contributed by atoms with Gasteiger partial charge >= 0.3 is 0 Å². The maximum Gasteiger partial charge on any atom is 0.131 e. The Kier molecular flexibility index (Phi) is 3.74. The van der Waals surface area contributed by atoms with E-state index in [4.69, 9.17) is 4.98 Å². The van der Waals surface area contributed by atoms with Crippen LogP contribution in [0.4, 0.5) is 5.82 Å². The van der Waals surface area contributed by atoms with E-state index in [1.54, 1.807) is 0 Å². The molecule has 0 aliphatic carbocycles. The summed E-state index contributed by atoms with van der Waals surface area (Å²) in [7, 11) is 0. The lowest BCUT2D eigenvalue weighted by Gasteiger charge is -2.25. The highest BCUT2D eigenvalue weighted by Gasteiger charge is 2.25. The molecule has 104 valence electrons. The Morgan fingerprint density at radius 2 is 2.00 bits per heavy atom. The van der Waals surface area contributed by atoms with Crippen molar-refractivity contribution in [3.8, 4) is 0 Å². The number of hydrogen-bond acceptors (Lipinski definition) is 3. The third-order valence-corrected chi connectivity index (χ3v) is 4.63. The summed E-state index contributed by atoms with van der Waals surface area (Å²) in [4.78, 5) is 9.78. The molecule has 3 rings (SSSR count). The topological polar surface area (TPSA) is 19.4 Å². The number of rotatable bonds is 3. The fraction of sp³-hybridized carbons (Fsp3) is 0.688. The average Bonchev–Trinajstić information content (AvgIpc) is 3.09. The lowest BCUT2D eigenvalue weighted by Crippen LogP contribution is -2.24. The molecule has 2 aliphatic heterocycles. The van der Waals surface area contributed by atoms with Gasteiger partial charge in [0, 0.05) is 25.3 Å². The summed E-state index contributed by atoms with van der Waals surface area (Å²) in [6, 6.07) is 2.98. The van der Waals surface area contributed by atoms with E-state index in [0.717, 1.165) is 6.54 Å². The maximum absolute atomic E-state index is 4.77. The standard InChI is InChI=1S/C16H25N3/c1-3-18-10-6-7-15(18)14-11-13(2)16(17-12-14)19-8-4-5-9-19/h11-12,15H,3-10H2,1-2H3/t15-/m1/s1. The molecule has 2 aliphatic rings. The molecule has 0 spiro atoms. The molecule has 3 heterocycles. The van der Waals surface area contributed by atoms with Crippen LogP contribution in [0.5, 0.6) is 0 Å². The van der Waals surface area contributed by atoms with Crippen molar-refractivity contribution in [2.45, 2.75) is 45.6 Å². The van der Waals surface area contributed by atoms with E-state index in [1.165, 1.54) is 62.3 Å². The van der Waals surface area contributed by atoms with Gasteiger partial charge in [-0.1, -0.05) is 6.92 Å². The van der Waals surface area contributed by atoms with Gasteiger partial charge in [-0.2, -0.15) is 0 Å². The normalized spacial score (nSPS) is 24.3. The number of aryl methyl sites for hydroxylation is 1. The second-order valence-corrected chi connectivity index (χ2v) is 5.89. The minimum absolute atomic E-state index is 0.601. The summed E-state index contributed by atoms with van der Waals surface area (Å²) in [5, 5.41) is 0. The minimum Gasteiger partial charge on any atom is -0.356 e. The Labute approximate surface area is 116 Å². The van der Waals surface area contributed by atoms with Crippen molar-refractivity contribution >= 4 is 5.82 Å². The van der Waals surface area contributed by atoms with Gasteiger partial charge in [-0.3, -0.25) is 4.90 Å². The van der Waals surface area contributed by atoms with Gasteiger partial charge in [-0.15, -0.1) is 0 Å². The van der Waals surface area contributed by atoms with Crippen LogP contribution >= 0.6 is 0 Å². The van der Waals surface area contributed by atoms with Crippen LogP contribution in [0.1, 0.15) is 49.8 Å². The first-order valence-electron chi connectivity index (χ1n) is 7.75. The number of anilines is 1. The van der Waals surface area contributed by atoms with Crippen molar-refractivity contribution in [1.82, 2.24) is 9.88 Å². The van der Waals surface area contributed by atoms with Crippen LogP contribution in [0.15, 0.2) is 12.3 Å². The number of likely N-dealkylation sites (tertiary alicyclic amines) is 1. The molecule has 0 aromatic carbocycles. The van der Waals surface area contributed by atoms with E-state index in [0.29, 0.717) is 6.04 Å². The number of hydrogen-bond donors (Lipinski definition) is 0. The predicted molar refractivity (Wildman–Crippen MR) is 79.6 cm³/mol. The van der Waals surface area contributed by atoms with Gasteiger partial charge in [0.1, 0.15) is 5.82 Å². The summed E-state index contributed by atoms with van der Waals surface area (Å²) >= 11 is 0. The molecule has 1 atom stereocenters. The molecule has 0 unspecified atom stereocenters. The van der Waals surface area contributed by atoms with E-state index in [9.17, 15) is 0 Å². The van der Waals surface area contributed by atoms with Crippen molar-refractivity contribution in [3.05, 3.63) is 23.4 Å². The van der Waals surface area contributed by atoms with Crippen molar-refractivity contribution in [3.63, 3.8) is 0 Å². The molecule has 0 bridgehead atoms. The second kappa shape index (κ2) is 5.49. The van der Waals surface area contributed by atoms with E-state index in [-0.39, 0.29) is 0 Å². The van der Waals surface area contributed by atoms with E-state index >= 15 is 0 Å². The molecule has 0 amide bonds. The molecule has 3 nitrogen and oxygen atoms in total. The summed E-state index contributed by atoms with van der Waals surface area (Å²) < 4.78 is 0. The third kappa shape index (κ3) is 2.48. The number of aromatic nitrogens is 1. The van der Waals surface area contributed by atoms with Crippen LogP contribution in [0.3, 0.4) is 0 Å². The molecule has 2 saturated heterocycles. The first kappa shape index (κ1) is 12.9. The SMILES string of the molecule is CCN1CCC[C@@H]1c1cnc(N2CCCC2)c(C)c1. The average molecular weight is 259 g/mol. The van der Waals surface area contributed by atoms with Crippen molar-refractivity contribution in [2.24, 2.45) is 0 Å². The van der Waals surface area contributed by atoms with Gasteiger partial charge in [-0.25, -0.2) is 4.98 Å². The molecule has 2 fully saturated rings. The zero-order valence-corrected chi connectivity index (χ0v) is 12.2. The first-order valence-corrected chi connectivity index (χ1v) is 7.75. The molecule has 0 N–H and O–H groups in total. The molecule has 0 radical (unpaired) electrons. The summed E-state index contributed by atoms with van der Waals surface area (Å²) in [6.45, 7) is 9.23. The van der Waals surface area contributed by atoms with Gasteiger partial charge in [0.15, 0.2) is 0 Å². The van der Waals surface area contributed by atoms with E-state index in [1.807, 2.05) is 0 Å². The minimum atomic E-state index is 0.601. The summed E-state index contributed by atoms with van der Waals surface area (Å²) in [5.74, 6) is 1.21. The highest BCUT2D eigenvalue weighted by molar-refractivity contribution is 5.48. The fourth-order valence-corrected chi connectivity index (χ4v) is 3.61. The second-order valence-electron chi connectivity index (χ2n) is 5.89. The molecule has 1 aromatic rings. The third-order valence-electron chi connectivity index (χ3n) is 4.63. The van der Waals surface area contributed by atoms with Gasteiger partial charge in [0.2, 0.25) is 0 Å². The lowest BCUT2D eigenvalue weighted by atomic mass is 10.0. The Balaban J connectivity index is 1.82. The van der Waals surface area contributed by atoms with Crippen LogP contribution in [0.2, 0.25) is 0 Å². The van der Waals surface area contributed by atoms with Crippen LogP contribution in [-0.4, -0.2) is 36.1 Å². The quantitative estimate of drug-likeness (QED) is 0.831. The molecule has 19 heavy (non-hydrogen) atoms. The number of pyridine rings is 1. The summed E-state index contributed by atoms with van der Waals surface area (Å²) in [6.07, 6.45) is 7.37. The first-order chi connectivity index (χ1) is 9.29. The molecule has 0 saturated carbocycles. The van der Waals surface area contributed by atoms with Crippen molar-refractivity contribution in [1.29, 1.82) is 0 Å². The highest BCUT2D eigenvalue weighted by Crippen LogP contribution is 2.33. The fourth-order valence-electron chi connectivity index (χ4n) is 3.61. The zero-order chi connectivity index (χ0) is 13.2. The van der Waals surface area contributed by atoms with Gasteiger partial charge in [-0.05, 0) is 62.9 Å². The Morgan fingerprint density at radius 3 is 2.68 bits per heavy atom. The summed E-state index contributed by atoms with van der Waals surface area (Å²) in [5.41, 5.74) is 2.77. The monoisotopic (exact) mass is 259 g/mol. The van der Waals surface area contributed by atoms with Crippen LogP contribution in [0.25, 0.3) is 0 Å². The van der Waals surface area contributed by atoms with Gasteiger partial charge in [0.25, 0.3) is 0 Å². The number of nitrogens with zero attached hydrogens (tertiary/aromatic N) is 3. The van der Waals surface area contributed by atoms with E-state index in [2.05, 4.69) is 35.9 Å². The zero-order valence-electron chi connectivity index (χ0n) is 12.2. The highest BCUT2D eigenvalue weighted by atomic mass is 15.2. The van der Waals surface area contributed by atoms with Crippen molar-refractivity contribution in [2.75, 3.05) is 31.1 Å². The molecular weight excluding hydrogens is 234 g/mol. The van der Waals surface area contributed by atoms with Gasteiger partial charge in [0.05, 0.1) is 0 Å². The lowest BCUT2D eigenvalue weighted by molar-refractivity contribution is 0.271. The Hall–Kier alpha value is -1.09. The van der Waals surface area contributed by atoms with Crippen LogP contribution in [0, 0.1) is 6.92 Å². The molecule has 3 heteroatoms. The van der Waals surface area contributed by atoms with E-state index < -0.39 is 0 Å². The Morgan fingerprint density at radius 1 is 1.21 bits per heavy atom. The smallest absolute Gasteiger partial charge is 0.131 e. The maximum atomic E-state index is 4.77. The van der Waals surface area contributed by atoms with Crippen LogP contribution < -0.4 is 4.90 Å².